The summed E-state index contributed by atoms with van der Waals surface area (Å²) < 4.78 is 2.63. The molecule has 0 aromatic heterocycles. The zero-order valence-corrected chi connectivity index (χ0v) is 28.2. The number of benzene rings is 7. The Bertz CT molecular complexity index is 2030. The maximum Gasteiger partial charge on any atom is 0.0215 e. The highest BCUT2D eigenvalue weighted by atomic mass is 127. The molecule has 0 nitrogen and oxygen atoms in total. The lowest BCUT2D eigenvalue weighted by Crippen LogP contribution is -2.10. The average Bonchev–Trinajstić information content (AvgIpc) is 2.91. The third kappa shape index (κ3) is 4.04. The van der Waals surface area contributed by atoms with Crippen molar-refractivity contribution in [3.05, 3.63) is 103 Å². The molecule has 0 saturated carbocycles. The van der Waals surface area contributed by atoms with Gasteiger partial charge in [0.2, 0.25) is 0 Å². The van der Waals surface area contributed by atoms with E-state index in [1.165, 1.54) is 82.9 Å². The minimum atomic E-state index is 0.134. The second-order valence-electron chi connectivity index (χ2n) is 13.3. The molecule has 0 fully saturated rings. The van der Waals surface area contributed by atoms with Crippen molar-refractivity contribution in [2.75, 3.05) is 0 Å². The summed E-state index contributed by atoms with van der Waals surface area (Å²) in [6, 6.07) is 32.9. The van der Waals surface area contributed by atoms with Gasteiger partial charge < -0.3 is 0 Å². The Hall–Kier alpha value is -2.44. The van der Waals surface area contributed by atoms with Gasteiger partial charge in [-0.2, -0.15) is 0 Å². The van der Waals surface area contributed by atoms with Gasteiger partial charge in [0, 0.05) is 7.14 Å². The Morgan fingerprint density at radius 2 is 0.575 bits per heavy atom. The van der Waals surface area contributed by atoms with Crippen molar-refractivity contribution < 1.29 is 0 Å². The lowest BCUT2D eigenvalue weighted by molar-refractivity contribution is 0.591. The lowest BCUT2D eigenvalue weighted by atomic mass is 9.84. The fraction of sp³-hybridized carbons (Fsp3) is 0.211. The van der Waals surface area contributed by atoms with E-state index in [1.807, 2.05) is 0 Å². The molecule has 0 saturated heterocycles. The fourth-order valence-electron chi connectivity index (χ4n) is 6.34. The zero-order valence-electron chi connectivity index (χ0n) is 23.8. The first-order chi connectivity index (χ1) is 18.9. The first kappa shape index (κ1) is 26.5. The Morgan fingerprint density at radius 1 is 0.325 bits per heavy atom. The Labute approximate surface area is 263 Å². The number of halogens is 2. The van der Waals surface area contributed by atoms with Gasteiger partial charge in [-0.15, -0.1) is 0 Å². The molecule has 7 aromatic rings. The highest BCUT2D eigenvalue weighted by Crippen LogP contribution is 2.41. The molecule has 0 bridgehead atoms. The summed E-state index contributed by atoms with van der Waals surface area (Å²) in [7, 11) is 0. The molecule has 40 heavy (non-hydrogen) atoms. The molecule has 0 radical (unpaired) electrons. The van der Waals surface area contributed by atoms with Crippen molar-refractivity contribution in [1.82, 2.24) is 0 Å². The van der Waals surface area contributed by atoms with E-state index in [4.69, 9.17) is 0 Å². The van der Waals surface area contributed by atoms with E-state index >= 15 is 0 Å². The molecule has 198 valence electrons. The Balaban J connectivity index is 1.51. The number of fused-ring (bicyclic) bond motifs is 11. The van der Waals surface area contributed by atoms with Gasteiger partial charge in [0.1, 0.15) is 0 Å². The van der Waals surface area contributed by atoms with Crippen LogP contribution in [0.4, 0.5) is 0 Å². The molecule has 0 aliphatic rings. The van der Waals surface area contributed by atoms with E-state index < -0.39 is 0 Å². The molecule has 7 aromatic carbocycles. The SMILES string of the molecule is CC(C)(C)c1ccc2c(c1)c(I)cc1c2ccc2c1ccc1c3cc(I)c4cc(C(C)(C)C)ccc4c3ccc12. The van der Waals surface area contributed by atoms with Crippen LogP contribution in [0.15, 0.2) is 84.9 Å². The second kappa shape index (κ2) is 9.03. The molecule has 7 rings (SSSR count). The van der Waals surface area contributed by atoms with Gasteiger partial charge in [-0.25, -0.2) is 0 Å². The van der Waals surface area contributed by atoms with E-state index in [-0.39, 0.29) is 10.8 Å². The first-order valence-electron chi connectivity index (χ1n) is 14.0. The van der Waals surface area contributed by atoms with Crippen LogP contribution >= 0.6 is 45.2 Å². The summed E-state index contributed by atoms with van der Waals surface area (Å²) in [5, 5.41) is 16.0. The highest BCUT2D eigenvalue weighted by Gasteiger charge is 2.18. The molecular formula is C38H32I2. The van der Waals surface area contributed by atoms with Gasteiger partial charge in [-0.05, 0) is 156 Å². The van der Waals surface area contributed by atoms with Crippen molar-refractivity contribution in [1.29, 1.82) is 0 Å². The standard InChI is InChI=1S/C38H32I2/c1-37(2,3)21-7-9-29-27-13-11-23-24-12-14-28-30-10-8-22(38(4,5)6)18-34(30)36(40)20-32(28)26(24)16-15-25(23)31(27)19-35(39)33(29)17-21/h7-20H,1-6H3. The van der Waals surface area contributed by atoms with Gasteiger partial charge in [0.05, 0.1) is 0 Å². The van der Waals surface area contributed by atoms with Gasteiger partial charge in [0.15, 0.2) is 0 Å². The smallest absolute Gasteiger partial charge is 0.0215 e. The van der Waals surface area contributed by atoms with Crippen molar-refractivity contribution in [2.24, 2.45) is 0 Å². The number of rotatable bonds is 0. The van der Waals surface area contributed by atoms with Crippen LogP contribution in [0.3, 0.4) is 0 Å². The van der Waals surface area contributed by atoms with Crippen LogP contribution in [0.2, 0.25) is 0 Å². The van der Waals surface area contributed by atoms with E-state index in [0.29, 0.717) is 0 Å². The quantitative estimate of drug-likeness (QED) is 0.107. The topological polar surface area (TPSA) is 0 Å². The predicted octanol–water partition coefficient (Wildman–Crippen LogP) is 12.4. The van der Waals surface area contributed by atoms with Crippen LogP contribution in [-0.4, -0.2) is 0 Å². The van der Waals surface area contributed by atoms with Crippen molar-refractivity contribution >= 4 is 110 Å². The monoisotopic (exact) mass is 742 g/mol. The summed E-state index contributed by atoms with van der Waals surface area (Å²) in [6.45, 7) is 13.7. The van der Waals surface area contributed by atoms with Crippen molar-refractivity contribution in [3.63, 3.8) is 0 Å². The highest BCUT2D eigenvalue weighted by molar-refractivity contribution is 14.1. The molecular weight excluding hydrogens is 710 g/mol. The summed E-state index contributed by atoms with van der Waals surface area (Å²) in [5.74, 6) is 0. The second-order valence-corrected chi connectivity index (χ2v) is 15.6. The maximum absolute atomic E-state index is 2.53. The van der Waals surface area contributed by atoms with Crippen LogP contribution in [0.1, 0.15) is 52.7 Å². The maximum atomic E-state index is 2.53. The van der Waals surface area contributed by atoms with Crippen LogP contribution < -0.4 is 0 Å². The van der Waals surface area contributed by atoms with E-state index in [2.05, 4.69) is 172 Å². The predicted molar refractivity (Wildman–Crippen MR) is 194 cm³/mol. The average molecular weight is 742 g/mol. The summed E-state index contributed by atoms with van der Waals surface area (Å²) >= 11 is 5.06. The van der Waals surface area contributed by atoms with Crippen LogP contribution in [-0.2, 0) is 10.8 Å². The third-order valence-corrected chi connectivity index (χ3v) is 10.5. The van der Waals surface area contributed by atoms with Gasteiger partial charge in [-0.1, -0.05) is 102 Å². The molecule has 0 N–H and O–H groups in total. The molecule has 0 spiro atoms. The summed E-state index contributed by atoms with van der Waals surface area (Å²) in [4.78, 5) is 0. The van der Waals surface area contributed by atoms with Crippen LogP contribution in [0, 0.1) is 7.14 Å². The molecule has 0 unspecified atom stereocenters. The zero-order chi connectivity index (χ0) is 28.1. The molecule has 0 amide bonds. The molecule has 0 heterocycles. The normalized spacial score (nSPS) is 13.0. The minimum absolute atomic E-state index is 0.134. The molecule has 0 aliphatic heterocycles. The minimum Gasteiger partial charge on any atom is -0.0578 e. The van der Waals surface area contributed by atoms with Crippen LogP contribution in [0.5, 0.6) is 0 Å². The molecule has 0 atom stereocenters. The lowest BCUT2D eigenvalue weighted by Gasteiger charge is -2.21. The van der Waals surface area contributed by atoms with Gasteiger partial charge in [-0.3, -0.25) is 0 Å². The largest absolute Gasteiger partial charge is 0.0578 e. The van der Waals surface area contributed by atoms with Crippen molar-refractivity contribution in [2.45, 2.75) is 52.4 Å². The molecule has 0 aliphatic carbocycles. The van der Waals surface area contributed by atoms with Gasteiger partial charge in [0.25, 0.3) is 0 Å². The summed E-state index contributed by atoms with van der Waals surface area (Å²) in [5.41, 5.74) is 3.03. The molecule has 2 heteroatoms. The van der Waals surface area contributed by atoms with Gasteiger partial charge >= 0.3 is 0 Å². The third-order valence-electron chi connectivity index (χ3n) is 8.69. The fourth-order valence-corrected chi connectivity index (χ4v) is 7.86. The van der Waals surface area contributed by atoms with E-state index in [9.17, 15) is 0 Å². The van der Waals surface area contributed by atoms with E-state index in [0.717, 1.165) is 0 Å². The summed E-state index contributed by atoms with van der Waals surface area (Å²) in [6.07, 6.45) is 0. The number of hydrogen-bond acceptors (Lipinski definition) is 0. The Morgan fingerprint density at radius 3 is 0.875 bits per heavy atom. The first-order valence-corrected chi connectivity index (χ1v) is 16.1. The van der Waals surface area contributed by atoms with Crippen molar-refractivity contribution in [3.8, 4) is 0 Å². The van der Waals surface area contributed by atoms with Crippen LogP contribution in [0.25, 0.3) is 64.6 Å². The number of hydrogen-bond donors (Lipinski definition) is 0. The Kier molecular flexibility index (Phi) is 5.97. The van der Waals surface area contributed by atoms with E-state index in [1.54, 1.807) is 0 Å².